The summed E-state index contributed by atoms with van der Waals surface area (Å²) in [6.07, 6.45) is 1.39. The van der Waals surface area contributed by atoms with E-state index in [4.69, 9.17) is 5.11 Å². The van der Waals surface area contributed by atoms with E-state index in [-0.39, 0.29) is 12.1 Å². The van der Waals surface area contributed by atoms with Crippen LogP contribution >= 0.6 is 0 Å². The fourth-order valence-electron chi connectivity index (χ4n) is 1.69. The van der Waals surface area contributed by atoms with Crippen molar-refractivity contribution in [1.82, 2.24) is 0 Å². The molecular weight excluding hydrogens is 236 g/mol. The average Bonchev–Trinajstić information content (AvgIpc) is 2.34. The van der Waals surface area contributed by atoms with Crippen molar-refractivity contribution in [1.29, 1.82) is 0 Å². The number of aliphatic carboxylic acids is 1. The van der Waals surface area contributed by atoms with E-state index in [0.29, 0.717) is 25.1 Å². The number of unbranched alkanes of at least 4 members (excludes halogenated alkanes) is 1. The summed E-state index contributed by atoms with van der Waals surface area (Å²) in [7, 11) is 1.77. The summed E-state index contributed by atoms with van der Waals surface area (Å²) >= 11 is 0. The number of carboxylic acid groups (broad SMARTS) is 1. The zero-order chi connectivity index (χ0) is 13.5. The summed E-state index contributed by atoms with van der Waals surface area (Å²) in [6.45, 7) is 0.595. The first kappa shape index (κ1) is 14.0. The molecule has 18 heavy (non-hydrogen) atoms. The SMILES string of the molecule is CN(CCCCC(=O)O)c1ccccc1[N+](=O)[O-]. The number of nitro benzene ring substituents is 1. The Morgan fingerprint density at radius 1 is 1.39 bits per heavy atom. The zero-order valence-electron chi connectivity index (χ0n) is 10.2. The molecule has 98 valence electrons. The minimum atomic E-state index is -0.816. The van der Waals surface area contributed by atoms with Crippen LogP contribution in [0, 0.1) is 10.1 Å². The molecule has 0 spiro atoms. The van der Waals surface area contributed by atoms with Crippen LogP contribution in [0.2, 0.25) is 0 Å². The van der Waals surface area contributed by atoms with Gasteiger partial charge >= 0.3 is 5.97 Å². The molecule has 0 bridgehead atoms. The molecule has 0 aromatic heterocycles. The number of para-hydroxylation sites is 2. The highest BCUT2D eigenvalue weighted by Crippen LogP contribution is 2.26. The van der Waals surface area contributed by atoms with E-state index >= 15 is 0 Å². The van der Waals surface area contributed by atoms with E-state index in [9.17, 15) is 14.9 Å². The van der Waals surface area contributed by atoms with Gasteiger partial charge in [0.1, 0.15) is 5.69 Å². The second-order valence-corrected chi connectivity index (χ2v) is 4.02. The Morgan fingerprint density at radius 3 is 2.67 bits per heavy atom. The topological polar surface area (TPSA) is 83.7 Å². The summed E-state index contributed by atoms with van der Waals surface area (Å²) in [5.41, 5.74) is 0.621. The van der Waals surface area contributed by atoms with Crippen molar-refractivity contribution in [3.63, 3.8) is 0 Å². The lowest BCUT2D eigenvalue weighted by Crippen LogP contribution is -2.19. The van der Waals surface area contributed by atoms with Gasteiger partial charge in [-0.25, -0.2) is 0 Å². The van der Waals surface area contributed by atoms with Crippen LogP contribution in [0.15, 0.2) is 24.3 Å². The molecule has 0 saturated heterocycles. The second-order valence-electron chi connectivity index (χ2n) is 4.02. The molecule has 0 saturated carbocycles. The smallest absolute Gasteiger partial charge is 0.303 e. The monoisotopic (exact) mass is 252 g/mol. The highest BCUT2D eigenvalue weighted by Gasteiger charge is 2.15. The third-order valence-corrected chi connectivity index (χ3v) is 2.62. The molecule has 0 unspecified atom stereocenters. The maximum absolute atomic E-state index is 10.8. The lowest BCUT2D eigenvalue weighted by molar-refractivity contribution is -0.384. The molecule has 0 radical (unpaired) electrons. The largest absolute Gasteiger partial charge is 0.481 e. The molecule has 0 aliphatic rings. The first-order valence-corrected chi connectivity index (χ1v) is 5.68. The summed E-state index contributed by atoms with van der Waals surface area (Å²) in [5, 5.41) is 19.4. The molecular formula is C12H16N2O4. The van der Waals surface area contributed by atoms with Crippen LogP contribution in [0.4, 0.5) is 11.4 Å². The number of hydrogen-bond acceptors (Lipinski definition) is 4. The van der Waals surface area contributed by atoms with Gasteiger partial charge in [0.2, 0.25) is 0 Å². The third kappa shape index (κ3) is 4.04. The van der Waals surface area contributed by atoms with E-state index < -0.39 is 10.9 Å². The van der Waals surface area contributed by atoms with Crippen molar-refractivity contribution in [2.75, 3.05) is 18.5 Å². The molecule has 1 N–H and O–H groups in total. The summed E-state index contributed by atoms with van der Waals surface area (Å²) < 4.78 is 0. The Kier molecular flexibility index (Phi) is 5.10. The molecule has 0 fully saturated rings. The minimum Gasteiger partial charge on any atom is -0.481 e. The molecule has 0 aliphatic carbocycles. The number of nitrogens with zero attached hydrogens (tertiary/aromatic N) is 2. The van der Waals surface area contributed by atoms with Gasteiger partial charge in [-0.3, -0.25) is 14.9 Å². The van der Waals surface area contributed by atoms with Crippen LogP contribution < -0.4 is 4.90 Å². The maximum atomic E-state index is 10.8. The van der Waals surface area contributed by atoms with Crippen molar-refractivity contribution in [2.24, 2.45) is 0 Å². The molecule has 0 heterocycles. The van der Waals surface area contributed by atoms with Crippen molar-refractivity contribution >= 4 is 17.3 Å². The highest BCUT2D eigenvalue weighted by atomic mass is 16.6. The van der Waals surface area contributed by atoms with Gasteiger partial charge in [0.15, 0.2) is 0 Å². The molecule has 0 atom stereocenters. The Hall–Kier alpha value is -2.11. The van der Waals surface area contributed by atoms with Crippen LogP contribution in [0.3, 0.4) is 0 Å². The molecule has 1 rings (SSSR count). The lowest BCUT2D eigenvalue weighted by atomic mass is 10.2. The highest BCUT2D eigenvalue weighted by molar-refractivity contribution is 5.66. The van der Waals surface area contributed by atoms with Crippen LogP contribution in [0.5, 0.6) is 0 Å². The normalized spacial score (nSPS) is 10.1. The van der Waals surface area contributed by atoms with E-state index in [1.165, 1.54) is 6.07 Å². The zero-order valence-corrected chi connectivity index (χ0v) is 10.2. The van der Waals surface area contributed by atoms with E-state index in [1.54, 1.807) is 30.1 Å². The van der Waals surface area contributed by atoms with Crippen molar-refractivity contribution in [2.45, 2.75) is 19.3 Å². The van der Waals surface area contributed by atoms with Crippen LogP contribution in [0.1, 0.15) is 19.3 Å². The van der Waals surface area contributed by atoms with Gasteiger partial charge in [0.05, 0.1) is 4.92 Å². The summed E-state index contributed by atoms with van der Waals surface area (Å²) in [6, 6.07) is 6.52. The first-order chi connectivity index (χ1) is 8.52. The molecule has 6 nitrogen and oxygen atoms in total. The molecule has 1 aromatic carbocycles. The van der Waals surface area contributed by atoms with Crippen LogP contribution in [0.25, 0.3) is 0 Å². The molecule has 0 amide bonds. The molecule has 1 aromatic rings. The van der Waals surface area contributed by atoms with Crippen LogP contribution in [-0.2, 0) is 4.79 Å². The number of rotatable bonds is 7. The van der Waals surface area contributed by atoms with Gasteiger partial charge in [-0.05, 0) is 18.9 Å². The fourth-order valence-corrected chi connectivity index (χ4v) is 1.69. The van der Waals surface area contributed by atoms with Crippen molar-refractivity contribution < 1.29 is 14.8 Å². The Labute approximate surface area is 105 Å². The fraction of sp³-hybridized carbons (Fsp3) is 0.417. The van der Waals surface area contributed by atoms with E-state index in [1.807, 2.05) is 0 Å². The third-order valence-electron chi connectivity index (χ3n) is 2.62. The Balaban J connectivity index is 2.58. The van der Waals surface area contributed by atoms with Crippen molar-refractivity contribution in [3.05, 3.63) is 34.4 Å². The average molecular weight is 252 g/mol. The molecule has 6 heteroatoms. The minimum absolute atomic E-state index is 0.0678. The second kappa shape index (κ2) is 6.58. The van der Waals surface area contributed by atoms with Gasteiger partial charge in [0.25, 0.3) is 5.69 Å². The van der Waals surface area contributed by atoms with Gasteiger partial charge < -0.3 is 10.0 Å². The Morgan fingerprint density at radius 2 is 2.06 bits per heavy atom. The quantitative estimate of drug-likeness (QED) is 0.457. The van der Waals surface area contributed by atoms with Gasteiger partial charge in [-0.2, -0.15) is 0 Å². The number of anilines is 1. The number of hydrogen-bond donors (Lipinski definition) is 1. The number of nitro groups is 1. The van der Waals surface area contributed by atoms with E-state index in [2.05, 4.69) is 0 Å². The van der Waals surface area contributed by atoms with Crippen molar-refractivity contribution in [3.8, 4) is 0 Å². The predicted molar refractivity (Wildman–Crippen MR) is 67.9 cm³/mol. The van der Waals surface area contributed by atoms with E-state index in [0.717, 1.165) is 0 Å². The summed E-state index contributed by atoms with van der Waals surface area (Å²) in [4.78, 5) is 22.6. The standard InChI is InChI=1S/C12H16N2O4/c1-13(9-5-4-8-12(15)16)10-6-2-3-7-11(10)14(17)18/h2-3,6-7H,4-5,8-9H2,1H3,(H,15,16). The summed E-state index contributed by atoms with van der Waals surface area (Å²) in [5.74, 6) is -0.816. The number of carbonyl (C=O) groups is 1. The van der Waals surface area contributed by atoms with Gasteiger partial charge in [-0.1, -0.05) is 12.1 Å². The molecule has 0 aliphatic heterocycles. The maximum Gasteiger partial charge on any atom is 0.303 e. The Bertz CT molecular complexity index is 434. The van der Waals surface area contributed by atoms with Gasteiger partial charge in [0, 0.05) is 26.1 Å². The lowest BCUT2D eigenvalue weighted by Gasteiger charge is -2.18. The van der Waals surface area contributed by atoms with Crippen LogP contribution in [-0.4, -0.2) is 29.6 Å². The first-order valence-electron chi connectivity index (χ1n) is 5.68. The number of carboxylic acids is 1. The van der Waals surface area contributed by atoms with Gasteiger partial charge in [-0.15, -0.1) is 0 Å². The number of benzene rings is 1. The predicted octanol–water partition coefficient (Wildman–Crippen LogP) is 2.29.